The molecule has 0 spiro atoms. The van der Waals surface area contributed by atoms with Crippen LogP contribution in [0.4, 0.5) is 0 Å². The maximum absolute atomic E-state index is 11.4. The zero-order valence-electron chi connectivity index (χ0n) is 10.0. The molecule has 0 aliphatic rings. The van der Waals surface area contributed by atoms with Crippen molar-refractivity contribution in [1.29, 1.82) is 0 Å². The number of aromatic nitrogens is 2. The van der Waals surface area contributed by atoms with Crippen molar-refractivity contribution >= 4 is 5.97 Å². The second kappa shape index (κ2) is 6.27. The normalized spacial score (nSPS) is 10.4. The lowest BCUT2D eigenvalue weighted by molar-refractivity contribution is 0.0586. The lowest BCUT2D eigenvalue weighted by Crippen LogP contribution is -2.13. The molecule has 0 aliphatic heterocycles. The van der Waals surface area contributed by atoms with E-state index in [1.807, 2.05) is 18.4 Å². The monoisotopic (exact) mass is 226 g/mol. The summed E-state index contributed by atoms with van der Waals surface area (Å²) >= 11 is 0. The highest BCUT2D eigenvalue weighted by Gasteiger charge is 2.14. The molecule has 0 amide bonds. The maximum Gasteiger partial charge on any atom is 0.356 e. The Bertz CT molecular complexity index is 347. The summed E-state index contributed by atoms with van der Waals surface area (Å²) in [6.07, 6.45) is 2.40. The van der Waals surface area contributed by atoms with Crippen molar-refractivity contribution in [2.24, 2.45) is 0 Å². The number of hydrogen-bond acceptors (Lipinski definition) is 4. The van der Waals surface area contributed by atoms with E-state index in [0.29, 0.717) is 18.9 Å². The predicted molar refractivity (Wildman–Crippen MR) is 59.4 cm³/mol. The highest BCUT2D eigenvalue weighted by atomic mass is 16.5. The van der Waals surface area contributed by atoms with Crippen LogP contribution in [0.1, 0.15) is 29.7 Å². The Labute approximate surface area is 95.4 Å². The van der Waals surface area contributed by atoms with Gasteiger partial charge in [-0.15, -0.1) is 0 Å². The Balaban J connectivity index is 2.63. The molecule has 1 aromatic rings. The quantitative estimate of drug-likeness (QED) is 0.543. The van der Waals surface area contributed by atoms with Crippen molar-refractivity contribution in [3.05, 3.63) is 17.7 Å². The first-order valence-corrected chi connectivity index (χ1v) is 5.38. The van der Waals surface area contributed by atoms with E-state index < -0.39 is 0 Å². The highest BCUT2D eigenvalue weighted by molar-refractivity contribution is 5.87. The smallest absolute Gasteiger partial charge is 0.356 e. The average Bonchev–Trinajstić information content (AvgIpc) is 2.65. The van der Waals surface area contributed by atoms with Gasteiger partial charge in [-0.1, -0.05) is 0 Å². The summed E-state index contributed by atoms with van der Waals surface area (Å²) in [7, 11) is 1.37. The number of rotatable bonds is 6. The Hall–Kier alpha value is -1.36. The minimum absolute atomic E-state index is 0.350. The van der Waals surface area contributed by atoms with Crippen LogP contribution in [-0.4, -0.2) is 35.8 Å². The van der Waals surface area contributed by atoms with Gasteiger partial charge in [-0.25, -0.2) is 9.78 Å². The van der Waals surface area contributed by atoms with Crippen LogP contribution in [0.15, 0.2) is 6.20 Å². The van der Waals surface area contributed by atoms with Gasteiger partial charge in [0.15, 0.2) is 0 Å². The number of aryl methyl sites for hydroxylation is 1. The van der Waals surface area contributed by atoms with Crippen LogP contribution in [0.3, 0.4) is 0 Å². The second-order valence-corrected chi connectivity index (χ2v) is 3.38. The van der Waals surface area contributed by atoms with Crippen molar-refractivity contribution in [2.75, 3.05) is 20.3 Å². The third kappa shape index (κ3) is 3.06. The number of methoxy groups -OCH3 is 1. The molecule has 0 radical (unpaired) electrons. The summed E-state index contributed by atoms with van der Waals surface area (Å²) in [5.41, 5.74) is 0.497. The Morgan fingerprint density at radius 1 is 1.56 bits per heavy atom. The summed E-state index contributed by atoms with van der Waals surface area (Å²) in [5, 5.41) is 0. The third-order valence-corrected chi connectivity index (χ3v) is 2.32. The Morgan fingerprint density at radius 2 is 2.31 bits per heavy atom. The van der Waals surface area contributed by atoms with E-state index in [4.69, 9.17) is 4.74 Å². The largest absolute Gasteiger partial charge is 0.464 e. The maximum atomic E-state index is 11.4. The van der Waals surface area contributed by atoms with Crippen LogP contribution in [0.2, 0.25) is 0 Å². The molecule has 0 bridgehead atoms. The van der Waals surface area contributed by atoms with E-state index in [1.54, 1.807) is 6.20 Å². The van der Waals surface area contributed by atoms with Crippen molar-refractivity contribution < 1.29 is 14.3 Å². The van der Waals surface area contributed by atoms with Gasteiger partial charge in [-0.2, -0.15) is 0 Å². The van der Waals surface area contributed by atoms with Gasteiger partial charge in [0.25, 0.3) is 0 Å². The van der Waals surface area contributed by atoms with E-state index in [-0.39, 0.29) is 5.97 Å². The molecule has 0 fully saturated rings. The van der Waals surface area contributed by atoms with Gasteiger partial charge in [0, 0.05) is 19.8 Å². The SMILES string of the molecule is CCOCCCn1c(C(=O)OC)cnc1C. The van der Waals surface area contributed by atoms with E-state index in [2.05, 4.69) is 9.72 Å². The lowest BCUT2D eigenvalue weighted by atomic mass is 10.4. The molecule has 0 N–H and O–H groups in total. The molecular formula is C11H18N2O3. The first kappa shape index (κ1) is 12.7. The number of esters is 1. The first-order valence-electron chi connectivity index (χ1n) is 5.38. The van der Waals surface area contributed by atoms with E-state index in [1.165, 1.54) is 7.11 Å². The zero-order valence-corrected chi connectivity index (χ0v) is 10.0. The molecule has 0 atom stereocenters. The number of carbonyl (C=O) groups is 1. The third-order valence-electron chi connectivity index (χ3n) is 2.32. The fraction of sp³-hybridized carbons (Fsp3) is 0.636. The summed E-state index contributed by atoms with van der Waals surface area (Å²) in [4.78, 5) is 15.5. The van der Waals surface area contributed by atoms with Crippen molar-refractivity contribution in [3.63, 3.8) is 0 Å². The summed E-state index contributed by atoms with van der Waals surface area (Å²) in [6.45, 7) is 5.95. The number of ether oxygens (including phenoxy) is 2. The fourth-order valence-corrected chi connectivity index (χ4v) is 1.49. The molecule has 0 saturated heterocycles. The van der Waals surface area contributed by atoms with Crippen LogP contribution < -0.4 is 0 Å². The van der Waals surface area contributed by atoms with Gasteiger partial charge in [-0.3, -0.25) is 0 Å². The van der Waals surface area contributed by atoms with Gasteiger partial charge < -0.3 is 14.0 Å². The second-order valence-electron chi connectivity index (χ2n) is 3.38. The molecular weight excluding hydrogens is 208 g/mol. The average molecular weight is 226 g/mol. The molecule has 0 saturated carbocycles. The molecule has 0 aromatic carbocycles. The molecule has 16 heavy (non-hydrogen) atoms. The number of imidazole rings is 1. The predicted octanol–water partition coefficient (Wildman–Crippen LogP) is 1.40. The molecule has 0 unspecified atom stereocenters. The zero-order chi connectivity index (χ0) is 12.0. The molecule has 1 aromatic heterocycles. The Morgan fingerprint density at radius 3 is 2.94 bits per heavy atom. The lowest BCUT2D eigenvalue weighted by Gasteiger charge is -2.08. The van der Waals surface area contributed by atoms with Gasteiger partial charge in [-0.05, 0) is 20.3 Å². The van der Waals surface area contributed by atoms with Gasteiger partial charge in [0.2, 0.25) is 0 Å². The molecule has 1 rings (SSSR count). The minimum Gasteiger partial charge on any atom is -0.464 e. The first-order chi connectivity index (χ1) is 7.70. The van der Waals surface area contributed by atoms with Crippen molar-refractivity contribution in [2.45, 2.75) is 26.8 Å². The van der Waals surface area contributed by atoms with Gasteiger partial charge in [0.05, 0.1) is 13.3 Å². The van der Waals surface area contributed by atoms with Crippen LogP contribution in [-0.2, 0) is 16.0 Å². The van der Waals surface area contributed by atoms with Crippen LogP contribution >= 0.6 is 0 Å². The van der Waals surface area contributed by atoms with Crippen LogP contribution in [0.25, 0.3) is 0 Å². The molecule has 5 nitrogen and oxygen atoms in total. The van der Waals surface area contributed by atoms with Gasteiger partial charge in [0.1, 0.15) is 11.5 Å². The van der Waals surface area contributed by atoms with Crippen molar-refractivity contribution in [1.82, 2.24) is 9.55 Å². The van der Waals surface area contributed by atoms with Gasteiger partial charge >= 0.3 is 5.97 Å². The van der Waals surface area contributed by atoms with E-state index in [0.717, 1.165) is 18.8 Å². The highest BCUT2D eigenvalue weighted by Crippen LogP contribution is 2.07. The number of carbonyl (C=O) groups excluding carboxylic acids is 1. The number of nitrogens with zero attached hydrogens (tertiary/aromatic N) is 2. The molecule has 1 heterocycles. The minimum atomic E-state index is -0.350. The Kier molecular flexibility index (Phi) is 4.98. The molecule has 90 valence electrons. The van der Waals surface area contributed by atoms with Crippen molar-refractivity contribution in [3.8, 4) is 0 Å². The van der Waals surface area contributed by atoms with E-state index in [9.17, 15) is 4.79 Å². The standard InChI is InChI=1S/C11H18N2O3/c1-4-16-7-5-6-13-9(2)12-8-10(13)11(14)15-3/h8H,4-7H2,1-3H3. The molecule has 5 heteroatoms. The topological polar surface area (TPSA) is 53.4 Å². The fourth-order valence-electron chi connectivity index (χ4n) is 1.49. The van der Waals surface area contributed by atoms with Crippen LogP contribution in [0, 0.1) is 6.92 Å². The number of hydrogen-bond donors (Lipinski definition) is 0. The summed E-state index contributed by atoms with van der Waals surface area (Å²) < 4.78 is 11.8. The van der Waals surface area contributed by atoms with E-state index >= 15 is 0 Å². The summed E-state index contributed by atoms with van der Waals surface area (Å²) in [6, 6.07) is 0. The summed E-state index contributed by atoms with van der Waals surface area (Å²) in [5.74, 6) is 0.467. The van der Waals surface area contributed by atoms with Crippen LogP contribution in [0.5, 0.6) is 0 Å². The molecule has 0 aliphatic carbocycles.